The van der Waals surface area contributed by atoms with Gasteiger partial charge in [0.2, 0.25) is 5.91 Å². The molecular weight excluding hydrogens is 475 g/mol. The van der Waals surface area contributed by atoms with Crippen LogP contribution in [0.25, 0.3) is 4.91 Å². The lowest BCUT2D eigenvalue weighted by molar-refractivity contribution is -0.130. The van der Waals surface area contributed by atoms with Crippen LogP contribution in [0.3, 0.4) is 0 Å². The fraction of sp³-hybridized carbons (Fsp3) is 0.357. The molecule has 1 aromatic carbocycles. The molecule has 188 valence electrons. The first-order valence-electron chi connectivity index (χ1n) is 11.8. The number of nitrogens with zero attached hydrogens (tertiary/aromatic N) is 3. The van der Waals surface area contributed by atoms with Crippen molar-refractivity contribution in [3.05, 3.63) is 77.4 Å². The van der Waals surface area contributed by atoms with Gasteiger partial charge in [-0.3, -0.25) is 4.79 Å². The Labute approximate surface area is 216 Å². The zero-order valence-electron chi connectivity index (χ0n) is 20.3. The van der Waals surface area contributed by atoms with Crippen LogP contribution in [0, 0.1) is 34.5 Å². The van der Waals surface area contributed by atoms with Crippen LogP contribution < -0.4 is 5.73 Å². The van der Waals surface area contributed by atoms with Crippen LogP contribution in [-0.4, -0.2) is 49.2 Å². The lowest BCUT2D eigenvalue weighted by Gasteiger charge is -2.26. The molecule has 1 fully saturated rings. The zero-order chi connectivity index (χ0) is 26.3. The van der Waals surface area contributed by atoms with E-state index >= 15 is 0 Å². The maximum absolute atomic E-state index is 12.7. The summed E-state index contributed by atoms with van der Waals surface area (Å²) in [5, 5.41) is 18.6. The van der Waals surface area contributed by atoms with Gasteiger partial charge in [-0.1, -0.05) is 36.5 Å². The number of aldehydes is 1. The van der Waals surface area contributed by atoms with E-state index in [1.54, 1.807) is 40.9 Å². The number of hydrogen-bond acceptors (Lipinski definition) is 6. The standard InChI is InChI=1S/C27H26FN3O2S.CH5N/c28-11-6-4-2-1-3-5-10-27(33)31-17-23(19-32)24(18-31)26-9-7-8-25(34-26)22-13-20(15-29)12-21(14-22)16-30;1-2/h1,3-4,6-9,12-14,19,23-24,26H,2,5,10-11,17-18H2;2H2,1H3/b3-1-,6-4-;. The van der Waals surface area contributed by atoms with Gasteiger partial charge in [0.05, 0.1) is 23.3 Å². The summed E-state index contributed by atoms with van der Waals surface area (Å²) in [4.78, 5) is 27.3. The van der Waals surface area contributed by atoms with Crippen molar-refractivity contribution in [2.45, 2.75) is 24.5 Å². The Hall–Kier alpha value is -3.46. The van der Waals surface area contributed by atoms with E-state index in [0.29, 0.717) is 43.5 Å². The van der Waals surface area contributed by atoms with Crippen molar-refractivity contribution in [3.8, 4) is 12.1 Å². The minimum absolute atomic E-state index is 0.00599. The number of carbonyl (C=O) groups is 2. The van der Waals surface area contributed by atoms with E-state index in [-0.39, 0.29) is 23.0 Å². The van der Waals surface area contributed by atoms with Crippen molar-refractivity contribution < 1.29 is 14.0 Å². The first kappa shape index (κ1) is 28.8. The Bertz CT molecular complexity index is 1080. The minimum atomic E-state index is -0.473. The molecule has 2 aliphatic heterocycles. The number of rotatable bonds is 9. The summed E-state index contributed by atoms with van der Waals surface area (Å²) in [5.41, 5.74) is 6.16. The molecule has 2 N–H and O–H groups in total. The SMILES string of the molecule is CN.N#Cc1cc(C#N)cc(C2=CC=CC(C3CN(C(=O)CC/C=C\C/C=C\CF)CC3C=O)S2)c1. The topological polar surface area (TPSA) is 111 Å². The molecule has 0 bridgehead atoms. The molecule has 3 rings (SSSR count). The largest absolute Gasteiger partial charge is 0.342 e. The molecule has 6 nitrogen and oxygen atoms in total. The van der Waals surface area contributed by atoms with Crippen molar-refractivity contribution in [1.29, 1.82) is 10.5 Å². The van der Waals surface area contributed by atoms with E-state index in [9.17, 15) is 24.5 Å². The van der Waals surface area contributed by atoms with Crippen LogP contribution in [-0.2, 0) is 9.59 Å². The predicted molar refractivity (Wildman–Crippen MR) is 142 cm³/mol. The van der Waals surface area contributed by atoms with E-state index in [0.717, 1.165) is 16.8 Å². The van der Waals surface area contributed by atoms with Crippen LogP contribution in [0.5, 0.6) is 0 Å². The highest BCUT2D eigenvalue weighted by molar-refractivity contribution is 8.09. The van der Waals surface area contributed by atoms with Crippen LogP contribution in [0.15, 0.2) is 60.7 Å². The molecule has 0 radical (unpaired) electrons. The number of benzene rings is 1. The molecule has 1 aromatic rings. The quantitative estimate of drug-likeness (QED) is 0.389. The Morgan fingerprint density at radius 1 is 1.14 bits per heavy atom. The maximum Gasteiger partial charge on any atom is 0.222 e. The fourth-order valence-electron chi connectivity index (χ4n) is 4.14. The number of allylic oxidation sites excluding steroid dienone is 6. The number of nitrogens with two attached hydrogens (primary N) is 1. The number of thioether (sulfide) groups is 1. The lowest BCUT2D eigenvalue weighted by Crippen LogP contribution is -2.30. The molecule has 0 aromatic heterocycles. The number of carbonyl (C=O) groups excluding carboxylic acids is 2. The highest BCUT2D eigenvalue weighted by atomic mass is 32.2. The van der Waals surface area contributed by atoms with Gasteiger partial charge in [-0.2, -0.15) is 10.5 Å². The summed E-state index contributed by atoms with van der Waals surface area (Å²) in [5.74, 6) is -0.228. The third-order valence-electron chi connectivity index (χ3n) is 5.87. The molecular formula is C28H31FN4O2S. The van der Waals surface area contributed by atoms with Crippen molar-refractivity contribution in [1.82, 2.24) is 4.90 Å². The summed E-state index contributed by atoms with van der Waals surface area (Å²) in [6, 6.07) is 9.28. The summed E-state index contributed by atoms with van der Waals surface area (Å²) in [6.45, 7) is 0.462. The summed E-state index contributed by atoms with van der Waals surface area (Å²) < 4.78 is 12.0. The van der Waals surface area contributed by atoms with Crippen LogP contribution in [0.4, 0.5) is 4.39 Å². The number of likely N-dealkylation sites (tertiary alicyclic amines) is 1. The third-order valence-corrected chi connectivity index (χ3v) is 7.27. The molecule has 3 atom stereocenters. The molecule has 2 heterocycles. The van der Waals surface area contributed by atoms with Gasteiger partial charge in [-0.25, -0.2) is 4.39 Å². The van der Waals surface area contributed by atoms with Gasteiger partial charge in [0.15, 0.2) is 0 Å². The molecule has 0 saturated carbocycles. The zero-order valence-corrected chi connectivity index (χ0v) is 21.2. The number of alkyl halides is 1. The van der Waals surface area contributed by atoms with Crippen LogP contribution in [0.2, 0.25) is 0 Å². The smallest absolute Gasteiger partial charge is 0.222 e. The van der Waals surface area contributed by atoms with E-state index in [1.165, 1.54) is 13.1 Å². The average molecular weight is 507 g/mol. The van der Waals surface area contributed by atoms with Crippen molar-refractivity contribution in [2.24, 2.45) is 17.6 Å². The molecule has 3 unspecified atom stereocenters. The van der Waals surface area contributed by atoms with Gasteiger partial charge in [0.1, 0.15) is 13.0 Å². The second kappa shape index (κ2) is 15.5. The number of amides is 1. The first-order valence-corrected chi connectivity index (χ1v) is 12.6. The molecule has 0 spiro atoms. The fourth-order valence-corrected chi connectivity index (χ4v) is 5.47. The monoisotopic (exact) mass is 506 g/mol. The van der Waals surface area contributed by atoms with Crippen LogP contribution >= 0.6 is 11.8 Å². The Morgan fingerprint density at radius 2 is 1.83 bits per heavy atom. The molecule has 0 aliphatic carbocycles. The van der Waals surface area contributed by atoms with Crippen molar-refractivity contribution >= 4 is 28.9 Å². The second-order valence-corrected chi connectivity index (χ2v) is 9.37. The third kappa shape index (κ3) is 8.05. The van der Waals surface area contributed by atoms with Gasteiger partial charge in [-0.05, 0) is 49.7 Å². The van der Waals surface area contributed by atoms with E-state index < -0.39 is 6.67 Å². The van der Waals surface area contributed by atoms with Crippen molar-refractivity contribution in [3.63, 3.8) is 0 Å². The molecule has 36 heavy (non-hydrogen) atoms. The minimum Gasteiger partial charge on any atom is -0.342 e. The van der Waals surface area contributed by atoms with E-state index in [1.807, 2.05) is 24.3 Å². The number of nitriles is 2. The summed E-state index contributed by atoms with van der Waals surface area (Å²) in [7, 11) is 1.50. The Morgan fingerprint density at radius 3 is 2.47 bits per heavy atom. The Kier molecular flexibility index (Phi) is 12.4. The Balaban J connectivity index is 0.00000222. The highest BCUT2D eigenvalue weighted by Crippen LogP contribution is 2.42. The second-order valence-electron chi connectivity index (χ2n) is 8.15. The van der Waals surface area contributed by atoms with Crippen LogP contribution in [0.1, 0.15) is 36.0 Å². The van der Waals surface area contributed by atoms with E-state index in [4.69, 9.17) is 0 Å². The van der Waals surface area contributed by atoms with Gasteiger partial charge in [-0.15, -0.1) is 11.8 Å². The average Bonchev–Trinajstić information content (AvgIpc) is 3.38. The van der Waals surface area contributed by atoms with Gasteiger partial charge in [0, 0.05) is 41.5 Å². The lowest BCUT2D eigenvalue weighted by atomic mass is 9.93. The highest BCUT2D eigenvalue weighted by Gasteiger charge is 2.39. The van der Waals surface area contributed by atoms with Gasteiger partial charge in [0.25, 0.3) is 0 Å². The number of hydrogen-bond donors (Lipinski definition) is 1. The molecule has 8 heteroatoms. The number of halogens is 1. The normalized spacial score (nSPS) is 21.0. The van der Waals surface area contributed by atoms with E-state index in [2.05, 4.69) is 23.9 Å². The molecule has 1 amide bonds. The van der Waals surface area contributed by atoms with Gasteiger partial charge >= 0.3 is 0 Å². The summed E-state index contributed by atoms with van der Waals surface area (Å²) >= 11 is 1.60. The maximum atomic E-state index is 12.7. The predicted octanol–water partition coefficient (Wildman–Crippen LogP) is 4.54. The molecule has 1 saturated heterocycles. The summed E-state index contributed by atoms with van der Waals surface area (Å²) in [6.07, 6.45) is 15.6. The van der Waals surface area contributed by atoms with Crippen molar-refractivity contribution in [2.75, 3.05) is 26.8 Å². The molecule has 2 aliphatic rings. The first-order chi connectivity index (χ1) is 17.6. The van der Waals surface area contributed by atoms with Gasteiger partial charge < -0.3 is 15.4 Å².